The van der Waals surface area contributed by atoms with Gasteiger partial charge in [0.25, 0.3) is 0 Å². The molecule has 1 heteroatoms. The van der Waals surface area contributed by atoms with E-state index in [0.717, 1.165) is 5.56 Å². The summed E-state index contributed by atoms with van der Waals surface area (Å²) < 4.78 is 0. The maximum atomic E-state index is 11.7. The third-order valence-electron chi connectivity index (χ3n) is 2.94. The van der Waals surface area contributed by atoms with Crippen molar-refractivity contribution in [2.45, 2.75) is 25.7 Å². The second-order valence-corrected chi connectivity index (χ2v) is 4.45. The highest BCUT2D eigenvalue weighted by Crippen LogP contribution is 2.24. The van der Waals surface area contributed by atoms with Gasteiger partial charge in [0.15, 0.2) is 5.78 Å². The zero-order valence-electron chi connectivity index (χ0n) is 9.68. The number of rotatable bonds is 2. The topological polar surface area (TPSA) is 17.1 Å². The van der Waals surface area contributed by atoms with Gasteiger partial charge in [0.1, 0.15) is 0 Å². The minimum Gasteiger partial charge on any atom is -0.294 e. The molecule has 1 atom stereocenters. The van der Waals surface area contributed by atoms with Crippen molar-refractivity contribution in [3.05, 3.63) is 59.7 Å². The van der Waals surface area contributed by atoms with Crippen LogP contribution in [-0.4, -0.2) is 5.78 Å². The molecular formula is C15H16O. The zero-order chi connectivity index (χ0) is 11.5. The van der Waals surface area contributed by atoms with E-state index in [9.17, 15) is 4.79 Å². The summed E-state index contributed by atoms with van der Waals surface area (Å²) in [5.74, 6) is 0.609. The Bertz CT molecular complexity index is 435. The predicted molar refractivity (Wildman–Crippen MR) is 66.6 cm³/mol. The summed E-state index contributed by atoms with van der Waals surface area (Å²) >= 11 is 0. The standard InChI is InChI=1S/C15H16O/c1-11(2)12-7-9-13(10-8-12)14-5-3-4-6-15(14)16/h3-11,14H,1-2H3. The van der Waals surface area contributed by atoms with Crippen molar-refractivity contribution in [3.8, 4) is 0 Å². The lowest BCUT2D eigenvalue weighted by Crippen LogP contribution is -2.09. The van der Waals surface area contributed by atoms with Gasteiger partial charge < -0.3 is 0 Å². The van der Waals surface area contributed by atoms with Crippen LogP contribution in [0.2, 0.25) is 0 Å². The summed E-state index contributed by atoms with van der Waals surface area (Å²) in [4.78, 5) is 11.7. The highest BCUT2D eigenvalue weighted by atomic mass is 16.1. The summed E-state index contributed by atoms with van der Waals surface area (Å²) in [6, 6.07) is 8.34. The molecule has 1 aliphatic rings. The maximum Gasteiger partial charge on any atom is 0.166 e. The van der Waals surface area contributed by atoms with Crippen molar-refractivity contribution in [2.75, 3.05) is 0 Å². The van der Waals surface area contributed by atoms with E-state index < -0.39 is 0 Å². The van der Waals surface area contributed by atoms with Crippen molar-refractivity contribution >= 4 is 5.78 Å². The van der Waals surface area contributed by atoms with E-state index in [1.165, 1.54) is 5.56 Å². The first-order valence-corrected chi connectivity index (χ1v) is 5.67. The Morgan fingerprint density at radius 1 is 1.06 bits per heavy atom. The van der Waals surface area contributed by atoms with Crippen molar-refractivity contribution in [1.29, 1.82) is 0 Å². The molecule has 0 saturated carbocycles. The van der Waals surface area contributed by atoms with Gasteiger partial charge in [-0.1, -0.05) is 56.3 Å². The zero-order valence-corrected chi connectivity index (χ0v) is 9.68. The molecule has 0 fully saturated rings. The second-order valence-electron chi connectivity index (χ2n) is 4.45. The van der Waals surface area contributed by atoms with Gasteiger partial charge in [0.05, 0.1) is 5.92 Å². The summed E-state index contributed by atoms with van der Waals surface area (Å²) in [6.07, 6.45) is 7.32. The van der Waals surface area contributed by atoms with Gasteiger partial charge in [-0.05, 0) is 23.1 Å². The molecule has 0 aliphatic heterocycles. The molecule has 1 unspecified atom stereocenters. The number of benzene rings is 1. The normalized spacial score (nSPS) is 19.4. The number of hydrogen-bond donors (Lipinski definition) is 0. The van der Waals surface area contributed by atoms with Crippen LogP contribution >= 0.6 is 0 Å². The van der Waals surface area contributed by atoms with Crippen LogP contribution in [-0.2, 0) is 4.79 Å². The predicted octanol–water partition coefficient (Wildman–Crippen LogP) is 3.59. The first kappa shape index (κ1) is 10.9. The lowest BCUT2D eigenvalue weighted by atomic mass is 9.90. The van der Waals surface area contributed by atoms with E-state index in [4.69, 9.17) is 0 Å². The van der Waals surface area contributed by atoms with Crippen LogP contribution < -0.4 is 0 Å². The Morgan fingerprint density at radius 2 is 1.75 bits per heavy atom. The van der Waals surface area contributed by atoms with Crippen molar-refractivity contribution in [1.82, 2.24) is 0 Å². The Hall–Kier alpha value is -1.63. The number of carbonyl (C=O) groups is 1. The van der Waals surface area contributed by atoms with Gasteiger partial charge in [-0.3, -0.25) is 4.79 Å². The van der Waals surface area contributed by atoms with E-state index in [1.54, 1.807) is 12.2 Å². The van der Waals surface area contributed by atoms with Gasteiger partial charge in [0.2, 0.25) is 0 Å². The minimum absolute atomic E-state index is 0.0915. The van der Waals surface area contributed by atoms with Crippen molar-refractivity contribution < 1.29 is 4.79 Å². The van der Waals surface area contributed by atoms with Crippen LogP contribution in [0.5, 0.6) is 0 Å². The Balaban J connectivity index is 2.25. The van der Waals surface area contributed by atoms with E-state index in [-0.39, 0.29) is 11.7 Å². The number of hydrogen-bond acceptors (Lipinski definition) is 1. The molecule has 0 N–H and O–H groups in total. The van der Waals surface area contributed by atoms with Gasteiger partial charge in [-0.2, -0.15) is 0 Å². The van der Waals surface area contributed by atoms with E-state index >= 15 is 0 Å². The molecule has 1 nitrogen and oxygen atoms in total. The van der Waals surface area contributed by atoms with Gasteiger partial charge in [-0.25, -0.2) is 0 Å². The molecule has 0 spiro atoms. The fraction of sp³-hybridized carbons (Fsp3) is 0.267. The Morgan fingerprint density at radius 3 is 2.31 bits per heavy atom. The van der Waals surface area contributed by atoms with Crippen LogP contribution in [0.4, 0.5) is 0 Å². The molecule has 82 valence electrons. The van der Waals surface area contributed by atoms with Crippen molar-refractivity contribution in [3.63, 3.8) is 0 Å². The van der Waals surface area contributed by atoms with Crippen molar-refractivity contribution in [2.24, 2.45) is 0 Å². The molecule has 0 radical (unpaired) electrons. The third-order valence-corrected chi connectivity index (χ3v) is 2.94. The third kappa shape index (κ3) is 2.13. The lowest BCUT2D eigenvalue weighted by molar-refractivity contribution is -0.115. The van der Waals surface area contributed by atoms with Crippen LogP contribution in [0.15, 0.2) is 48.6 Å². The first-order chi connectivity index (χ1) is 7.68. The molecule has 1 aromatic rings. The molecule has 1 aliphatic carbocycles. The molecule has 1 aromatic carbocycles. The van der Waals surface area contributed by atoms with Crippen LogP contribution in [0.3, 0.4) is 0 Å². The summed E-state index contributed by atoms with van der Waals surface area (Å²) in [6.45, 7) is 4.34. The van der Waals surface area contributed by atoms with E-state index in [2.05, 4.69) is 38.1 Å². The Kier molecular flexibility index (Phi) is 3.04. The Labute approximate surface area is 96.5 Å². The molecule has 2 rings (SSSR count). The molecule has 0 amide bonds. The fourth-order valence-electron chi connectivity index (χ4n) is 1.89. The number of carbonyl (C=O) groups excluding carboxylic acids is 1. The van der Waals surface area contributed by atoms with Crippen LogP contribution in [0.25, 0.3) is 0 Å². The average molecular weight is 212 g/mol. The molecule has 0 saturated heterocycles. The summed E-state index contributed by atoms with van der Waals surface area (Å²) in [5, 5.41) is 0. The molecule has 16 heavy (non-hydrogen) atoms. The quantitative estimate of drug-likeness (QED) is 0.732. The van der Waals surface area contributed by atoms with E-state index in [1.807, 2.05) is 12.2 Å². The van der Waals surface area contributed by atoms with Gasteiger partial charge in [0, 0.05) is 0 Å². The molecule has 0 bridgehead atoms. The van der Waals surface area contributed by atoms with Crippen LogP contribution in [0, 0.1) is 0 Å². The molecule has 0 aromatic heterocycles. The maximum absolute atomic E-state index is 11.7. The smallest absolute Gasteiger partial charge is 0.166 e. The fourth-order valence-corrected chi connectivity index (χ4v) is 1.89. The highest BCUT2D eigenvalue weighted by Gasteiger charge is 2.16. The number of allylic oxidation sites excluding steroid dienone is 4. The summed E-state index contributed by atoms with van der Waals surface area (Å²) in [5.41, 5.74) is 2.39. The molecule has 0 heterocycles. The van der Waals surface area contributed by atoms with Gasteiger partial charge in [-0.15, -0.1) is 0 Å². The second kappa shape index (κ2) is 4.48. The first-order valence-electron chi connectivity index (χ1n) is 5.67. The SMILES string of the molecule is CC(C)c1ccc(C2C=CC=CC2=O)cc1. The van der Waals surface area contributed by atoms with E-state index in [0.29, 0.717) is 5.92 Å². The monoisotopic (exact) mass is 212 g/mol. The number of ketones is 1. The average Bonchev–Trinajstić information content (AvgIpc) is 2.30. The highest BCUT2D eigenvalue weighted by molar-refractivity contribution is 5.98. The summed E-state index contributed by atoms with van der Waals surface area (Å²) in [7, 11) is 0. The largest absolute Gasteiger partial charge is 0.294 e. The molecular weight excluding hydrogens is 196 g/mol. The van der Waals surface area contributed by atoms with Gasteiger partial charge >= 0.3 is 0 Å². The lowest BCUT2D eigenvalue weighted by Gasteiger charge is -2.13. The minimum atomic E-state index is -0.0915. The van der Waals surface area contributed by atoms with Crippen LogP contribution in [0.1, 0.15) is 36.8 Å².